The van der Waals surface area contributed by atoms with Gasteiger partial charge in [-0.2, -0.15) is 5.26 Å². The van der Waals surface area contributed by atoms with E-state index in [1.807, 2.05) is 48.5 Å². The maximum atomic E-state index is 9.54. The van der Waals surface area contributed by atoms with Crippen LogP contribution < -0.4 is 9.47 Å². The van der Waals surface area contributed by atoms with Gasteiger partial charge in [-0.1, -0.05) is 67.7 Å². The van der Waals surface area contributed by atoms with Crippen LogP contribution in [0.1, 0.15) is 16.7 Å². The van der Waals surface area contributed by atoms with E-state index in [0.717, 1.165) is 25.6 Å². The largest absolute Gasteiger partial charge is 0.493 e. The highest BCUT2D eigenvalue weighted by atomic mass is 79.9. The summed E-state index contributed by atoms with van der Waals surface area (Å²) >= 11 is 13.0. The SMILES string of the molecule is COc1cc(/C=C(/C#N)c2cccc(Cl)c2)ccc1OCc1ccc(Br)cc1Br. The van der Waals surface area contributed by atoms with Gasteiger partial charge in [0.2, 0.25) is 0 Å². The molecule has 0 heterocycles. The van der Waals surface area contributed by atoms with Crippen molar-refractivity contribution in [2.24, 2.45) is 0 Å². The number of rotatable bonds is 6. The molecule has 0 spiro atoms. The van der Waals surface area contributed by atoms with Gasteiger partial charge >= 0.3 is 0 Å². The molecule has 0 unspecified atom stereocenters. The molecule has 0 aliphatic rings. The highest BCUT2D eigenvalue weighted by Gasteiger charge is 2.09. The van der Waals surface area contributed by atoms with Crippen LogP contribution in [-0.4, -0.2) is 7.11 Å². The second kappa shape index (κ2) is 9.98. The van der Waals surface area contributed by atoms with Gasteiger partial charge in [-0.05, 0) is 53.6 Å². The molecule has 3 nitrogen and oxygen atoms in total. The third-order valence-electron chi connectivity index (χ3n) is 4.15. The summed E-state index contributed by atoms with van der Waals surface area (Å²) in [7, 11) is 1.59. The summed E-state index contributed by atoms with van der Waals surface area (Å²) in [5.41, 5.74) is 3.13. The zero-order chi connectivity index (χ0) is 20.8. The van der Waals surface area contributed by atoms with Crippen molar-refractivity contribution in [1.29, 1.82) is 5.26 Å². The van der Waals surface area contributed by atoms with E-state index in [9.17, 15) is 5.26 Å². The monoisotopic (exact) mass is 531 g/mol. The molecule has 29 heavy (non-hydrogen) atoms. The smallest absolute Gasteiger partial charge is 0.161 e. The average Bonchev–Trinajstić information content (AvgIpc) is 2.71. The zero-order valence-corrected chi connectivity index (χ0v) is 19.4. The lowest BCUT2D eigenvalue weighted by Gasteiger charge is -2.12. The fourth-order valence-corrected chi connectivity index (χ4v) is 4.04. The summed E-state index contributed by atoms with van der Waals surface area (Å²) in [4.78, 5) is 0. The maximum absolute atomic E-state index is 9.54. The lowest BCUT2D eigenvalue weighted by atomic mass is 10.0. The number of benzene rings is 3. The number of nitrogens with zero attached hydrogens (tertiary/aromatic N) is 1. The molecule has 0 N–H and O–H groups in total. The molecule has 146 valence electrons. The van der Waals surface area contributed by atoms with Crippen molar-refractivity contribution in [3.8, 4) is 17.6 Å². The maximum Gasteiger partial charge on any atom is 0.161 e. The highest BCUT2D eigenvalue weighted by molar-refractivity contribution is 9.11. The first kappa shape index (κ1) is 21.4. The fourth-order valence-electron chi connectivity index (χ4n) is 2.69. The van der Waals surface area contributed by atoms with Crippen LogP contribution in [0, 0.1) is 11.3 Å². The Kier molecular flexibility index (Phi) is 7.38. The van der Waals surface area contributed by atoms with Gasteiger partial charge in [0.05, 0.1) is 18.8 Å². The molecule has 0 bridgehead atoms. The number of halogens is 3. The molecule has 0 saturated carbocycles. The molecule has 6 heteroatoms. The molecular formula is C23H16Br2ClNO2. The van der Waals surface area contributed by atoms with Crippen molar-refractivity contribution in [1.82, 2.24) is 0 Å². The number of nitriles is 1. The summed E-state index contributed by atoms with van der Waals surface area (Å²) in [6, 6.07) is 20.9. The van der Waals surface area contributed by atoms with Gasteiger partial charge < -0.3 is 9.47 Å². The Morgan fingerprint density at radius 3 is 2.59 bits per heavy atom. The van der Waals surface area contributed by atoms with Crippen LogP contribution in [0.3, 0.4) is 0 Å². The molecule has 0 atom stereocenters. The van der Waals surface area contributed by atoms with Crippen LogP contribution in [0.5, 0.6) is 11.5 Å². The number of allylic oxidation sites excluding steroid dienone is 1. The van der Waals surface area contributed by atoms with Crippen LogP contribution >= 0.6 is 43.5 Å². The van der Waals surface area contributed by atoms with Crippen molar-refractivity contribution in [3.63, 3.8) is 0 Å². The predicted octanol–water partition coefficient (Wildman–Crippen LogP) is 7.52. The molecular weight excluding hydrogens is 518 g/mol. The fraction of sp³-hybridized carbons (Fsp3) is 0.0870. The minimum Gasteiger partial charge on any atom is -0.493 e. The number of hydrogen-bond donors (Lipinski definition) is 0. The zero-order valence-electron chi connectivity index (χ0n) is 15.5. The Balaban J connectivity index is 1.83. The predicted molar refractivity (Wildman–Crippen MR) is 124 cm³/mol. The average molecular weight is 534 g/mol. The van der Waals surface area contributed by atoms with Gasteiger partial charge in [-0.3, -0.25) is 0 Å². The Labute approximate surface area is 191 Å². The van der Waals surface area contributed by atoms with Crippen LogP contribution in [0.4, 0.5) is 0 Å². The van der Waals surface area contributed by atoms with E-state index in [2.05, 4.69) is 37.9 Å². The Morgan fingerprint density at radius 1 is 1.07 bits per heavy atom. The minimum absolute atomic E-state index is 0.394. The van der Waals surface area contributed by atoms with E-state index in [4.69, 9.17) is 21.1 Å². The lowest BCUT2D eigenvalue weighted by molar-refractivity contribution is 0.284. The summed E-state index contributed by atoms with van der Waals surface area (Å²) < 4.78 is 13.4. The summed E-state index contributed by atoms with van der Waals surface area (Å²) in [6.07, 6.45) is 1.79. The highest BCUT2D eigenvalue weighted by Crippen LogP contribution is 2.32. The molecule has 0 saturated heterocycles. The number of hydrogen-bond acceptors (Lipinski definition) is 3. The van der Waals surface area contributed by atoms with Gasteiger partial charge in [0, 0.05) is 19.5 Å². The third-order valence-corrected chi connectivity index (χ3v) is 5.62. The van der Waals surface area contributed by atoms with Crippen molar-refractivity contribution in [3.05, 3.63) is 91.3 Å². The van der Waals surface area contributed by atoms with Gasteiger partial charge in [0.15, 0.2) is 11.5 Å². The Hall–Kier alpha value is -2.26. The third kappa shape index (κ3) is 5.63. The van der Waals surface area contributed by atoms with Gasteiger partial charge in [-0.15, -0.1) is 0 Å². The molecule has 0 fully saturated rings. The molecule has 0 aliphatic heterocycles. The summed E-state index contributed by atoms with van der Waals surface area (Å²) in [5.74, 6) is 1.22. The second-order valence-electron chi connectivity index (χ2n) is 6.11. The number of methoxy groups -OCH3 is 1. The van der Waals surface area contributed by atoms with Crippen LogP contribution in [0.25, 0.3) is 11.6 Å². The van der Waals surface area contributed by atoms with Crippen LogP contribution in [0.2, 0.25) is 5.02 Å². The Bertz CT molecular complexity index is 1110. The van der Waals surface area contributed by atoms with E-state index in [1.54, 1.807) is 25.3 Å². The topological polar surface area (TPSA) is 42.2 Å². The van der Waals surface area contributed by atoms with Crippen molar-refractivity contribution >= 4 is 55.1 Å². The van der Waals surface area contributed by atoms with Crippen LogP contribution in [0.15, 0.2) is 69.6 Å². The van der Waals surface area contributed by atoms with Crippen molar-refractivity contribution < 1.29 is 9.47 Å². The molecule has 0 aromatic heterocycles. The van der Waals surface area contributed by atoms with Gasteiger partial charge in [-0.25, -0.2) is 0 Å². The van der Waals surface area contributed by atoms with E-state index >= 15 is 0 Å². The second-order valence-corrected chi connectivity index (χ2v) is 8.32. The van der Waals surface area contributed by atoms with Gasteiger partial charge in [0.1, 0.15) is 6.61 Å². The first-order chi connectivity index (χ1) is 14.0. The molecule has 0 radical (unpaired) electrons. The minimum atomic E-state index is 0.394. The first-order valence-electron chi connectivity index (χ1n) is 8.62. The normalized spacial score (nSPS) is 11.1. The molecule has 3 aromatic carbocycles. The Morgan fingerprint density at radius 2 is 1.90 bits per heavy atom. The molecule has 3 aromatic rings. The summed E-state index contributed by atoms with van der Waals surface area (Å²) in [6.45, 7) is 0.394. The van der Waals surface area contributed by atoms with Gasteiger partial charge in [0.25, 0.3) is 0 Å². The van der Waals surface area contributed by atoms with Crippen molar-refractivity contribution in [2.45, 2.75) is 6.61 Å². The summed E-state index contributed by atoms with van der Waals surface area (Å²) in [5, 5.41) is 10.1. The van der Waals surface area contributed by atoms with E-state index in [0.29, 0.717) is 28.7 Å². The molecule has 0 aliphatic carbocycles. The van der Waals surface area contributed by atoms with E-state index in [-0.39, 0.29) is 0 Å². The van der Waals surface area contributed by atoms with E-state index in [1.165, 1.54) is 0 Å². The first-order valence-corrected chi connectivity index (χ1v) is 10.6. The van der Waals surface area contributed by atoms with Crippen molar-refractivity contribution in [2.75, 3.05) is 7.11 Å². The molecule has 0 amide bonds. The standard InChI is InChI=1S/C23H16Br2ClNO2/c1-28-23-10-15(9-18(13-27)16-3-2-4-20(26)11-16)5-8-22(23)29-14-17-6-7-19(24)12-21(17)25/h2-12H,14H2,1H3/b18-9-. The quantitative estimate of drug-likeness (QED) is 0.243. The van der Waals surface area contributed by atoms with E-state index < -0.39 is 0 Å². The lowest BCUT2D eigenvalue weighted by Crippen LogP contribution is -1.99. The molecule has 3 rings (SSSR count). The van der Waals surface area contributed by atoms with Crippen LogP contribution in [-0.2, 0) is 6.61 Å². The number of ether oxygens (including phenoxy) is 2.